The highest BCUT2D eigenvalue weighted by atomic mass is 32.2. The van der Waals surface area contributed by atoms with E-state index in [1.807, 2.05) is 0 Å². The minimum Gasteiger partial charge on any atom is -0.325 e. The third-order valence-corrected chi connectivity index (χ3v) is 4.86. The number of hydrogen-bond donors (Lipinski definition) is 2. The van der Waals surface area contributed by atoms with E-state index in [0.717, 1.165) is 12.1 Å². The number of H-pyrrole nitrogens is 1. The van der Waals surface area contributed by atoms with Crippen LogP contribution in [0.25, 0.3) is 11.1 Å². The van der Waals surface area contributed by atoms with Crippen LogP contribution in [0.1, 0.15) is 24.6 Å². The zero-order valence-corrected chi connectivity index (χ0v) is 14.3. The van der Waals surface area contributed by atoms with Crippen molar-refractivity contribution < 1.29 is 17.2 Å². The van der Waals surface area contributed by atoms with E-state index >= 15 is 0 Å². The Kier molecular flexibility index (Phi) is 5.23. The van der Waals surface area contributed by atoms with Crippen molar-refractivity contribution in [1.29, 1.82) is 5.26 Å². The second-order valence-corrected chi connectivity index (χ2v) is 7.23. The lowest BCUT2D eigenvalue weighted by Crippen LogP contribution is -2.18. The minimum absolute atomic E-state index is 0.229. The number of sulfonamides is 1. The SMILES string of the molecule is CCCS(=O)(=O)Nc1ccc(F)c(-c2cc(C)[nH]c(=O)c2C#N)c1F. The third kappa shape index (κ3) is 3.85. The molecule has 132 valence electrons. The van der Waals surface area contributed by atoms with Crippen LogP contribution >= 0.6 is 0 Å². The summed E-state index contributed by atoms with van der Waals surface area (Å²) in [4.78, 5) is 14.2. The molecule has 0 saturated carbocycles. The van der Waals surface area contributed by atoms with Gasteiger partial charge in [-0.05, 0) is 31.5 Å². The maximum Gasteiger partial charge on any atom is 0.266 e. The number of aromatic amines is 1. The topological polar surface area (TPSA) is 103 Å². The van der Waals surface area contributed by atoms with Gasteiger partial charge in [0, 0.05) is 11.3 Å². The summed E-state index contributed by atoms with van der Waals surface area (Å²) in [6.45, 7) is 3.14. The zero-order valence-electron chi connectivity index (χ0n) is 13.5. The summed E-state index contributed by atoms with van der Waals surface area (Å²) in [7, 11) is -3.80. The first-order valence-electron chi connectivity index (χ1n) is 7.33. The molecule has 0 amide bonds. The Hall–Kier alpha value is -2.73. The maximum atomic E-state index is 14.8. The Morgan fingerprint density at radius 3 is 2.60 bits per heavy atom. The molecule has 9 heteroatoms. The van der Waals surface area contributed by atoms with Crippen molar-refractivity contribution in [2.75, 3.05) is 10.5 Å². The molecule has 1 aromatic heterocycles. The van der Waals surface area contributed by atoms with Crippen LogP contribution in [0.15, 0.2) is 23.0 Å². The van der Waals surface area contributed by atoms with Gasteiger partial charge >= 0.3 is 0 Å². The van der Waals surface area contributed by atoms with Gasteiger partial charge in [0.2, 0.25) is 10.0 Å². The van der Waals surface area contributed by atoms with Crippen LogP contribution in [0.4, 0.5) is 14.5 Å². The highest BCUT2D eigenvalue weighted by Gasteiger charge is 2.22. The molecule has 0 aliphatic carbocycles. The van der Waals surface area contributed by atoms with E-state index in [9.17, 15) is 22.0 Å². The van der Waals surface area contributed by atoms with Gasteiger partial charge in [-0.25, -0.2) is 17.2 Å². The van der Waals surface area contributed by atoms with Gasteiger partial charge in [0.05, 0.1) is 17.0 Å². The Morgan fingerprint density at radius 2 is 2.00 bits per heavy atom. The molecule has 0 radical (unpaired) electrons. The predicted molar refractivity (Wildman–Crippen MR) is 89.6 cm³/mol. The van der Waals surface area contributed by atoms with Gasteiger partial charge in [0.1, 0.15) is 17.4 Å². The summed E-state index contributed by atoms with van der Waals surface area (Å²) in [5, 5.41) is 9.13. The number of pyridine rings is 1. The first-order valence-corrected chi connectivity index (χ1v) is 8.98. The van der Waals surface area contributed by atoms with Crippen molar-refractivity contribution >= 4 is 15.7 Å². The Morgan fingerprint density at radius 1 is 1.32 bits per heavy atom. The Bertz CT molecular complexity index is 1020. The summed E-state index contributed by atoms with van der Waals surface area (Å²) in [5.74, 6) is -2.44. The molecule has 0 unspecified atom stereocenters. The highest BCUT2D eigenvalue weighted by Crippen LogP contribution is 2.32. The van der Waals surface area contributed by atoms with Crippen molar-refractivity contribution in [3.63, 3.8) is 0 Å². The third-order valence-electron chi connectivity index (χ3n) is 3.38. The molecular formula is C16H15F2N3O3S. The molecule has 0 saturated heterocycles. The summed E-state index contributed by atoms with van der Waals surface area (Å²) in [6.07, 6.45) is 0.316. The van der Waals surface area contributed by atoms with Crippen LogP contribution < -0.4 is 10.3 Å². The average molecular weight is 367 g/mol. The van der Waals surface area contributed by atoms with E-state index in [2.05, 4.69) is 9.71 Å². The van der Waals surface area contributed by atoms with Gasteiger partial charge in [-0.15, -0.1) is 0 Å². The summed E-state index contributed by atoms with van der Waals surface area (Å²) >= 11 is 0. The highest BCUT2D eigenvalue weighted by molar-refractivity contribution is 7.92. The van der Waals surface area contributed by atoms with Gasteiger partial charge in [-0.1, -0.05) is 6.92 Å². The van der Waals surface area contributed by atoms with Crippen LogP contribution in [0.5, 0.6) is 0 Å². The number of benzene rings is 1. The molecule has 6 nitrogen and oxygen atoms in total. The minimum atomic E-state index is -3.80. The Labute approximate surface area is 143 Å². The fourth-order valence-corrected chi connectivity index (χ4v) is 3.49. The molecule has 2 aromatic rings. The average Bonchev–Trinajstić information content (AvgIpc) is 2.50. The first-order chi connectivity index (χ1) is 11.7. The van der Waals surface area contributed by atoms with E-state index in [1.54, 1.807) is 13.0 Å². The fourth-order valence-electron chi connectivity index (χ4n) is 2.36. The standard InChI is InChI=1S/C16H15F2N3O3S/c1-3-6-25(23,24)21-13-5-4-12(17)14(15(13)18)10-7-9(2)20-16(22)11(10)8-19/h4-5,7,21H,3,6H2,1-2H3,(H,20,22). The summed E-state index contributed by atoms with van der Waals surface area (Å²) < 4.78 is 54.7. The summed E-state index contributed by atoms with van der Waals surface area (Å²) in [6, 6.07) is 4.70. The number of aromatic nitrogens is 1. The van der Waals surface area contributed by atoms with Crippen molar-refractivity contribution in [1.82, 2.24) is 4.98 Å². The van der Waals surface area contributed by atoms with Crippen LogP contribution in [0.2, 0.25) is 0 Å². The number of nitrogens with zero attached hydrogens (tertiary/aromatic N) is 1. The van der Waals surface area contributed by atoms with Gasteiger partial charge in [-0.3, -0.25) is 9.52 Å². The molecule has 0 aliphatic heterocycles. The van der Waals surface area contributed by atoms with Crippen molar-refractivity contribution in [3.05, 3.63) is 51.4 Å². The fraction of sp³-hybridized carbons (Fsp3) is 0.250. The lowest BCUT2D eigenvalue weighted by atomic mass is 9.99. The quantitative estimate of drug-likeness (QED) is 0.848. The number of halogens is 2. The van der Waals surface area contributed by atoms with Crippen molar-refractivity contribution in [2.45, 2.75) is 20.3 Å². The number of anilines is 1. The molecule has 0 spiro atoms. The van der Waals surface area contributed by atoms with E-state index in [1.165, 1.54) is 13.0 Å². The van der Waals surface area contributed by atoms with E-state index in [-0.39, 0.29) is 11.3 Å². The zero-order chi connectivity index (χ0) is 18.8. The van der Waals surface area contributed by atoms with Crippen LogP contribution in [0, 0.1) is 29.9 Å². The van der Waals surface area contributed by atoms with Gasteiger partial charge in [0.25, 0.3) is 5.56 Å². The molecular weight excluding hydrogens is 352 g/mol. The van der Waals surface area contributed by atoms with Gasteiger partial charge < -0.3 is 4.98 Å². The monoisotopic (exact) mass is 367 g/mol. The normalized spacial score (nSPS) is 11.2. The molecule has 1 heterocycles. The molecule has 0 aliphatic rings. The predicted octanol–water partition coefficient (Wildman–Crippen LogP) is 2.65. The largest absolute Gasteiger partial charge is 0.325 e. The molecule has 1 aromatic carbocycles. The lowest BCUT2D eigenvalue weighted by Gasteiger charge is -2.13. The number of rotatable bonds is 5. The van der Waals surface area contributed by atoms with Crippen LogP contribution in [-0.2, 0) is 10.0 Å². The molecule has 0 atom stereocenters. The number of hydrogen-bond acceptors (Lipinski definition) is 4. The lowest BCUT2D eigenvalue weighted by molar-refractivity contribution is 0.587. The second kappa shape index (κ2) is 7.03. The van der Waals surface area contributed by atoms with Crippen LogP contribution in [0.3, 0.4) is 0 Å². The smallest absolute Gasteiger partial charge is 0.266 e. The molecule has 2 rings (SSSR count). The molecule has 2 N–H and O–H groups in total. The second-order valence-electron chi connectivity index (χ2n) is 5.39. The van der Waals surface area contributed by atoms with E-state index in [0.29, 0.717) is 12.1 Å². The van der Waals surface area contributed by atoms with Crippen LogP contribution in [-0.4, -0.2) is 19.2 Å². The molecule has 25 heavy (non-hydrogen) atoms. The number of nitrogens with one attached hydrogen (secondary N) is 2. The van der Waals surface area contributed by atoms with Crippen molar-refractivity contribution in [3.8, 4) is 17.2 Å². The summed E-state index contributed by atoms with van der Waals surface area (Å²) in [5.41, 5.74) is -2.27. The van der Waals surface area contributed by atoms with E-state index in [4.69, 9.17) is 5.26 Å². The maximum absolute atomic E-state index is 14.8. The number of aryl methyl sites for hydroxylation is 1. The Balaban J connectivity index is 2.71. The van der Waals surface area contributed by atoms with E-state index < -0.39 is 44.0 Å². The number of nitriles is 1. The molecule has 0 bridgehead atoms. The van der Waals surface area contributed by atoms with Gasteiger partial charge in [0.15, 0.2) is 5.82 Å². The first kappa shape index (κ1) is 18.6. The van der Waals surface area contributed by atoms with Crippen molar-refractivity contribution in [2.24, 2.45) is 0 Å². The molecule has 0 fully saturated rings. The van der Waals surface area contributed by atoms with Gasteiger partial charge in [-0.2, -0.15) is 5.26 Å².